The lowest BCUT2D eigenvalue weighted by molar-refractivity contribution is -0.132. The van der Waals surface area contributed by atoms with E-state index in [-0.39, 0.29) is 37.7 Å². The number of carbonyl (C=O) groups excluding carboxylic acids is 1. The molecule has 3 aromatic heterocycles. The van der Waals surface area contributed by atoms with Gasteiger partial charge in [-0.25, -0.2) is 19.9 Å². The highest BCUT2D eigenvalue weighted by Gasteiger charge is 2.42. The molecule has 4 heterocycles. The third-order valence-corrected chi connectivity index (χ3v) is 6.57. The minimum Gasteiger partial charge on any atom is -0.391 e. The Kier molecular flexibility index (Phi) is 5.62. The molecule has 11 nitrogen and oxygen atoms in total. The van der Waals surface area contributed by atoms with Gasteiger partial charge in [0, 0.05) is 37.4 Å². The maximum Gasteiger partial charge on any atom is 0.223 e. The number of aliphatic hydroxyl groups is 2. The molecule has 0 unspecified atom stereocenters. The van der Waals surface area contributed by atoms with Gasteiger partial charge in [0.15, 0.2) is 11.5 Å². The summed E-state index contributed by atoms with van der Waals surface area (Å²) in [6, 6.07) is 4.78. The summed E-state index contributed by atoms with van der Waals surface area (Å²) in [5.74, 6) is 0.758. The van der Waals surface area contributed by atoms with Gasteiger partial charge in [-0.2, -0.15) is 0 Å². The summed E-state index contributed by atoms with van der Waals surface area (Å²) in [6.45, 7) is 1.93. The van der Waals surface area contributed by atoms with E-state index in [0.29, 0.717) is 28.4 Å². The smallest absolute Gasteiger partial charge is 0.223 e. The molecule has 1 aliphatic rings. The molecular formula is C22H25ClN8O3. The summed E-state index contributed by atoms with van der Waals surface area (Å²) in [5, 5.41) is 22.4. The third-order valence-electron chi connectivity index (χ3n) is 6.34. The molecule has 5 rings (SSSR count). The van der Waals surface area contributed by atoms with Crippen LogP contribution >= 0.6 is 11.6 Å². The molecule has 5 N–H and O–H groups in total. The van der Waals surface area contributed by atoms with Crippen molar-refractivity contribution in [1.29, 1.82) is 0 Å². The monoisotopic (exact) mass is 484 g/mol. The van der Waals surface area contributed by atoms with E-state index >= 15 is 0 Å². The number of likely N-dealkylation sites (tertiary alicyclic amines) is 1. The Morgan fingerprint density at radius 2 is 2.15 bits per heavy atom. The van der Waals surface area contributed by atoms with Gasteiger partial charge in [-0.1, -0.05) is 11.6 Å². The van der Waals surface area contributed by atoms with Crippen molar-refractivity contribution in [2.45, 2.75) is 43.9 Å². The van der Waals surface area contributed by atoms with Crippen LogP contribution in [0.25, 0.3) is 22.2 Å². The second-order valence-corrected chi connectivity index (χ2v) is 9.39. The number of benzene rings is 1. The van der Waals surface area contributed by atoms with Crippen LogP contribution in [0.3, 0.4) is 0 Å². The first kappa shape index (κ1) is 22.5. The molecule has 1 aliphatic heterocycles. The number of nitrogen functional groups attached to an aromatic ring is 1. The fourth-order valence-corrected chi connectivity index (χ4v) is 4.81. The highest BCUT2D eigenvalue weighted by Crippen LogP contribution is 2.34. The number of aromatic nitrogens is 6. The highest BCUT2D eigenvalue weighted by atomic mass is 35.5. The number of aromatic amines is 1. The standard InChI is InChI=1S/C22H25ClN8O3/c1-22(34)7-13(32)8-30(9-16(22)31-11-27-19-20(24)25-10-26-21(19)31)18(33)5-4-17-28-14-3-2-12(23)6-15(14)29-17/h2-3,6,10-11,13,16,32,34H,4-5,7-9H2,1H3,(H,28,29)(H2,24,25,26)/t13-,16+,22+/m1/s1. The average molecular weight is 485 g/mol. The van der Waals surface area contributed by atoms with Crippen molar-refractivity contribution in [3.05, 3.63) is 41.7 Å². The molecule has 12 heteroatoms. The Morgan fingerprint density at radius 1 is 1.32 bits per heavy atom. The van der Waals surface area contributed by atoms with Gasteiger partial charge in [0.1, 0.15) is 17.7 Å². The van der Waals surface area contributed by atoms with Crippen LogP contribution in [0, 0.1) is 0 Å². The fourth-order valence-electron chi connectivity index (χ4n) is 4.64. The number of hydrogen-bond donors (Lipinski definition) is 4. The lowest BCUT2D eigenvalue weighted by Crippen LogP contribution is -2.42. The Hall–Kier alpha value is -3.28. The van der Waals surface area contributed by atoms with Crippen LogP contribution in [0.2, 0.25) is 5.02 Å². The second-order valence-electron chi connectivity index (χ2n) is 8.96. The van der Waals surface area contributed by atoms with Crippen molar-refractivity contribution in [3.63, 3.8) is 0 Å². The van der Waals surface area contributed by atoms with Gasteiger partial charge < -0.3 is 30.4 Å². The van der Waals surface area contributed by atoms with Crippen molar-refractivity contribution in [1.82, 2.24) is 34.4 Å². The van der Waals surface area contributed by atoms with Crippen molar-refractivity contribution >= 4 is 45.5 Å². The van der Waals surface area contributed by atoms with Gasteiger partial charge in [-0.15, -0.1) is 0 Å². The van der Waals surface area contributed by atoms with E-state index < -0.39 is 17.7 Å². The van der Waals surface area contributed by atoms with Crippen molar-refractivity contribution < 1.29 is 15.0 Å². The van der Waals surface area contributed by atoms with Crippen LogP contribution in [-0.2, 0) is 11.2 Å². The summed E-state index contributed by atoms with van der Waals surface area (Å²) in [5.41, 5.74) is 7.07. The number of fused-ring (bicyclic) bond motifs is 2. The number of H-pyrrole nitrogens is 1. The number of β-amino-alcohol motifs (C(OH)–C–C–N with tert-alkyl or cyclic N) is 1. The number of aryl methyl sites for hydroxylation is 1. The van der Waals surface area contributed by atoms with Crippen LogP contribution in [0.5, 0.6) is 0 Å². The molecule has 0 spiro atoms. The summed E-state index contributed by atoms with van der Waals surface area (Å²) >= 11 is 6.04. The molecular weight excluding hydrogens is 460 g/mol. The number of carbonyl (C=O) groups is 1. The SMILES string of the molecule is C[C@]1(O)C[C@@H](O)CN(C(=O)CCc2nc3ccc(Cl)cc3[nH]2)C[C@@H]1n1cnc2c(N)ncnc21. The Labute approximate surface area is 199 Å². The molecule has 1 aromatic carbocycles. The molecule has 0 bridgehead atoms. The predicted octanol–water partition coefficient (Wildman–Crippen LogP) is 1.46. The number of anilines is 1. The summed E-state index contributed by atoms with van der Waals surface area (Å²) < 4.78 is 1.70. The van der Waals surface area contributed by atoms with E-state index in [0.717, 1.165) is 11.0 Å². The molecule has 0 saturated carbocycles. The molecule has 1 amide bonds. The highest BCUT2D eigenvalue weighted by molar-refractivity contribution is 6.31. The van der Waals surface area contributed by atoms with E-state index in [4.69, 9.17) is 17.3 Å². The Bertz CT molecular complexity index is 1370. The first-order valence-electron chi connectivity index (χ1n) is 11.0. The number of nitrogens with two attached hydrogens (primary N) is 1. The summed E-state index contributed by atoms with van der Waals surface area (Å²) in [7, 11) is 0. The van der Waals surface area contributed by atoms with E-state index in [9.17, 15) is 15.0 Å². The molecule has 178 valence electrons. The van der Waals surface area contributed by atoms with E-state index in [1.165, 1.54) is 12.7 Å². The number of imidazole rings is 2. The van der Waals surface area contributed by atoms with Gasteiger partial charge in [-0.05, 0) is 25.1 Å². The largest absolute Gasteiger partial charge is 0.391 e. The molecule has 0 radical (unpaired) electrons. The summed E-state index contributed by atoms with van der Waals surface area (Å²) in [4.78, 5) is 35.0. The Morgan fingerprint density at radius 3 is 2.97 bits per heavy atom. The molecule has 1 saturated heterocycles. The third kappa shape index (κ3) is 4.17. The van der Waals surface area contributed by atoms with Gasteiger partial charge in [0.25, 0.3) is 0 Å². The van der Waals surface area contributed by atoms with Gasteiger partial charge in [0.2, 0.25) is 5.91 Å². The van der Waals surface area contributed by atoms with Crippen LogP contribution < -0.4 is 5.73 Å². The second kappa shape index (κ2) is 8.49. The van der Waals surface area contributed by atoms with Gasteiger partial charge >= 0.3 is 0 Å². The normalized spacial score (nSPS) is 23.5. The van der Waals surface area contributed by atoms with Crippen LogP contribution in [0.4, 0.5) is 5.82 Å². The quantitative estimate of drug-likeness (QED) is 0.338. The lowest BCUT2D eigenvalue weighted by Gasteiger charge is -2.34. The van der Waals surface area contributed by atoms with Gasteiger partial charge in [0.05, 0.1) is 35.1 Å². The lowest BCUT2D eigenvalue weighted by atomic mass is 9.91. The maximum atomic E-state index is 13.2. The number of aliphatic hydroxyl groups excluding tert-OH is 1. The summed E-state index contributed by atoms with van der Waals surface area (Å²) in [6.07, 6.45) is 2.66. The first-order chi connectivity index (χ1) is 16.2. The maximum absolute atomic E-state index is 13.2. The van der Waals surface area contributed by atoms with E-state index in [1.807, 2.05) is 6.07 Å². The molecule has 34 heavy (non-hydrogen) atoms. The minimum atomic E-state index is -1.32. The van der Waals surface area contributed by atoms with Gasteiger partial charge in [-0.3, -0.25) is 4.79 Å². The van der Waals surface area contributed by atoms with E-state index in [1.54, 1.807) is 28.5 Å². The molecule has 3 atom stereocenters. The number of nitrogens with zero attached hydrogens (tertiary/aromatic N) is 6. The van der Waals surface area contributed by atoms with Crippen molar-refractivity contribution in [2.75, 3.05) is 18.8 Å². The number of halogens is 1. The first-order valence-corrected chi connectivity index (χ1v) is 11.3. The predicted molar refractivity (Wildman–Crippen MR) is 126 cm³/mol. The Balaban J connectivity index is 1.38. The number of nitrogens with one attached hydrogen (secondary N) is 1. The topological polar surface area (TPSA) is 159 Å². The van der Waals surface area contributed by atoms with Crippen molar-refractivity contribution in [3.8, 4) is 0 Å². The van der Waals surface area contributed by atoms with E-state index in [2.05, 4.69) is 24.9 Å². The fraction of sp³-hybridized carbons (Fsp3) is 0.409. The zero-order chi connectivity index (χ0) is 24.0. The zero-order valence-corrected chi connectivity index (χ0v) is 19.3. The molecule has 1 fully saturated rings. The van der Waals surface area contributed by atoms with Crippen LogP contribution in [-0.4, -0.2) is 75.3 Å². The number of amides is 1. The van der Waals surface area contributed by atoms with Crippen LogP contribution in [0.1, 0.15) is 31.6 Å². The molecule has 0 aliphatic carbocycles. The average Bonchev–Trinajstić information content (AvgIpc) is 3.35. The van der Waals surface area contributed by atoms with Crippen LogP contribution in [0.15, 0.2) is 30.9 Å². The number of hydrogen-bond acceptors (Lipinski definition) is 8. The molecule has 4 aromatic rings. The van der Waals surface area contributed by atoms with Crippen molar-refractivity contribution in [2.24, 2.45) is 0 Å². The minimum absolute atomic E-state index is 0.0893. The number of rotatable bonds is 4. The zero-order valence-electron chi connectivity index (χ0n) is 18.5.